The van der Waals surface area contributed by atoms with Gasteiger partial charge in [-0.3, -0.25) is 9.59 Å². The van der Waals surface area contributed by atoms with E-state index in [-0.39, 0.29) is 11.6 Å². The van der Waals surface area contributed by atoms with Crippen molar-refractivity contribution in [1.29, 1.82) is 0 Å². The highest BCUT2D eigenvalue weighted by Crippen LogP contribution is 2.38. The first-order valence-corrected chi connectivity index (χ1v) is 10.3. The van der Waals surface area contributed by atoms with Crippen LogP contribution in [0, 0.1) is 5.92 Å². The summed E-state index contributed by atoms with van der Waals surface area (Å²) in [5.74, 6) is 2.03. The molecular formula is C19H26N6O2. The third-order valence-electron chi connectivity index (χ3n) is 6.42. The minimum absolute atomic E-state index is 0.145. The van der Waals surface area contributed by atoms with E-state index in [1.165, 1.54) is 25.7 Å². The zero-order chi connectivity index (χ0) is 18.4. The van der Waals surface area contributed by atoms with Crippen molar-refractivity contribution in [2.24, 2.45) is 5.92 Å². The summed E-state index contributed by atoms with van der Waals surface area (Å²) in [5, 5.41) is 8.30. The average Bonchev–Trinajstić information content (AvgIpc) is 3.24. The Morgan fingerprint density at radius 3 is 2.52 bits per heavy atom. The van der Waals surface area contributed by atoms with E-state index in [4.69, 9.17) is 0 Å². The molecule has 0 radical (unpaired) electrons. The molecule has 0 unspecified atom stereocenters. The lowest BCUT2D eigenvalue weighted by atomic mass is 10.0. The molecule has 1 N–H and O–H groups in total. The Hall–Kier alpha value is -2.25. The number of nitrogens with zero attached hydrogens (tertiary/aromatic N) is 5. The smallest absolute Gasteiger partial charge is 0.281 e. The lowest BCUT2D eigenvalue weighted by Crippen LogP contribution is -2.39. The number of aromatic amines is 1. The Kier molecular flexibility index (Phi) is 4.21. The predicted molar refractivity (Wildman–Crippen MR) is 99.3 cm³/mol. The van der Waals surface area contributed by atoms with Crippen LogP contribution in [-0.4, -0.2) is 48.9 Å². The van der Waals surface area contributed by atoms with E-state index >= 15 is 0 Å². The molecule has 2 saturated carbocycles. The van der Waals surface area contributed by atoms with Crippen molar-refractivity contribution < 1.29 is 4.79 Å². The van der Waals surface area contributed by atoms with Gasteiger partial charge in [-0.05, 0) is 44.4 Å². The first-order chi connectivity index (χ1) is 13.2. The van der Waals surface area contributed by atoms with Gasteiger partial charge in [0.1, 0.15) is 5.82 Å². The minimum Gasteiger partial charge on any atom is -0.343 e. The molecule has 3 aliphatic rings. The molecule has 144 valence electrons. The number of H-pyrrole nitrogens is 1. The Labute approximate surface area is 157 Å². The lowest BCUT2D eigenvalue weighted by molar-refractivity contribution is -0.133. The first-order valence-electron chi connectivity index (χ1n) is 10.3. The number of hydrogen-bond acceptors (Lipinski definition) is 5. The maximum Gasteiger partial charge on any atom is 0.281 e. The summed E-state index contributed by atoms with van der Waals surface area (Å²) in [6.45, 7) is 1.49. The fraction of sp³-hybridized carbons (Fsp3) is 0.737. The molecule has 0 bridgehead atoms. The van der Waals surface area contributed by atoms with Gasteiger partial charge in [0.05, 0.1) is 6.04 Å². The Morgan fingerprint density at radius 1 is 1.07 bits per heavy atom. The van der Waals surface area contributed by atoms with Gasteiger partial charge in [-0.1, -0.05) is 18.1 Å². The molecule has 1 aliphatic heterocycles. The number of fused-ring (bicyclic) bond motifs is 1. The van der Waals surface area contributed by atoms with Crippen LogP contribution in [-0.2, 0) is 4.79 Å². The van der Waals surface area contributed by atoms with Gasteiger partial charge in [0.2, 0.25) is 5.91 Å². The van der Waals surface area contributed by atoms with Gasteiger partial charge in [0, 0.05) is 25.4 Å². The third-order valence-corrected chi connectivity index (χ3v) is 6.42. The molecule has 8 heteroatoms. The van der Waals surface area contributed by atoms with Crippen LogP contribution in [0.5, 0.6) is 0 Å². The van der Waals surface area contributed by atoms with Crippen molar-refractivity contribution in [2.45, 2.75) is 69.7 Å². The van der Waals surface area contributed by atoms with Crippen LogP contribution in [0.1, 0.15) is 75.6 Å². The van der Waals surface area contributed by atoms with Gasteiger partial charge in [-0.15, -0.1) is 5.10 Å². The highest BCUT2D eigenvalue weighted by atomic mass is 16.2. The van der Waals surface area contributed by atoms with E-state index in [9.17, 15) is 9.59 Å². The van der Waals surface area contributed by atoms with Gasteiger partial charge in [-0.25, -0.2) is 9.67 Å². The number of piperidine rings is 1. The minimum atomic E-state index is -0.197. The van der Waals surface area contributed by atoms with Crippen molar-refractivity contribution in [3.05, 3.63) is 16.2 Å². The second-order valence-corrected chi connectivity index (χ2v) is 8.40. The Balaban J connectivity index is 1.29. The number of carbonyl (C=O) groups excluding carboxylic acids is 1. The number of hydrogen-bond donors (Lipinski definition) is 1. The van der Waals surface area contributed by atoms with Crippen LogP contribution < -0.4 is 5.56 Å². The number of nitrogens with one attached hydrogen (secondary N) is 1. The number of rotatable bonds is 4. The zero-order valence-corrected chi connectivity index (χ0v) is 15.6. The maximum atomic E-state index is 12.6. The highest BCUT2D eigenvalue weighted by Gasteiger charge is 2.30. The summed E-state index contributed by atoms with van der Waals surface area (Å²) >= 11 is 0. The zero-order valence-electron chi connectivity index (χ0n) is 15.6. The van der Waals surface area contributed by atoms with E-state index in [2.05, 4.69) is 20.3 Å². The van der Waals surface area contributed by atoms with Crippen LogP contribution in [0.15, 0.2) is 4.79 Å². The van der Waals surface area contributed by atoms with Crippen molar-refractivity contribution >= 4 is 17.1 Å². The van der Waals surface area contributed by atoms with Crippen molar-refractivity contribution in [3.63, 3.8) is 0 Å². The number of carbonyl (C=O) groups is 1. The molecule has 0 spiro atoms. The normalized spacial score (nSPS) is 22.0. The van der Waals surface area contributed by atoms with Gasteiger partial charge in [-0.2, -0.15) is 0 Å². The van der Waals surface area contributed by atoms with Crippen LogP contribution in [0.4, 0.5) is 0 Å². The van der Waals surface area contributed by atoms with Crippen LogP contribution in [0.25, 0.3) is 11.2 Å². The molecule has 2 aromatic heterocycles. The summed E-state index contributed by atoms with van der Waals surface area (Å²) < 4.78 is 1.81. The standard InChI is InChI=1S/C19H26N6O2/c26-15(11-12-3-1-2-4-12)24-9-7-14(8-10-24)25-18-16(22-23-25)19(27)21-17(20-18)13-5-6-13/h12-14H,1-11H2,(H,20,21,27). The molecule has 0 atom stereocenters. The second kappa shape index (κ2) is 6.73. The largest absolute Gasteiger partial charge is 0.343 e. The molecule has 5 rings (SSSR count). The number of amides is 1. The third kappa shape index (κ3) is 3.26. The molecule has 0 aromatic carbocycles. The topological polar surface area (TPSA) is 96.8 Å². The summed E-state index contributed by atoms with van der Waals surface area (Å²) in [6, 6.07) is 0.145. The molecule has 1 saturated heterocycles. The monoisotopic (exact) mass is 370 g/mol. The summed E-state index contributed by atoms with van der Waals surface area (Å²) in [7, 11) is 0. The predicted octanol–water partition coefficient (Wildman–Crippen LogP) is 2.14. The van der Waals surface area contributed by atoms with Crippen LogP contribution >= 0.6 is 0 Å². The van der Waals surface area contributed by atoms with Gasteiger partial charge in [0.15, 0.2) is 11.2 Å². The Morgan fingerprint density at radius 2 is 1.81 bits per heavy atom. The van der Waals surface area contributed by atoms with E-state index < -0.39 is 0 Å². The van der Waals surface area contributed by atoms with E-state index in [1.807, 2.05) is 9.58 Å². The average molecular weight is 370 g/mol. The molecular weight excluding hydrogens is 344 g/mol. The summed E-state index contributed by atoms with van der Waals surface area (Å²) in [6.07, 6.45) is 9.49. The fourth-order valence-electron chi connectivity index (χ4n) is 4.60. The molecule has 2 aromatic rings. The van der Waals surface area contributed by atoms with E-state index in [1.54, 1.807) is 0 Å². The second-order valence-electron chi connectivity index (χ2n) is 8.40. The van der Waals surface area contributed by atoms with Crippen molar-refractivity contribution in [3.8, 4) is 0 Å². The molecule has 2 aliphatic carbocycles. The SMILES string of the molecule is O=C(CC1CCCC1)N1CCC(n2nnc3c(=O)[nH]c(C4CC4)nc32)CC1. The summed E-state index contributed by atoms with van der Waals surface area (Å²) in [4.78, 5) is 34.3. The van der Waals surface area contributed by atoms with Crippen LogP contribution in [0.3, 0.4) is 0 Å². The van der Waals surface area contributed by atoms with Crippen molar-refractivity contribution in [1.82, 2.24) is 29.9 Å². The quantitative estimate of drug-likeness (QED) is 0.889. The van der Waals surface area contributed by atoms with Crippen LogP contribution in [0.2, 0.25) is 0 Å². The summed E-state index contributed by atoms with van der Waals surface area (Å²) in [5.41, 5.74) is 0.716. The molecule has 1 amide bonds. The molecule has 3 fully saturated rings. The fourth-order valence-corrected chi connectivity index (χ4v) is 4.60. The number of likely N-dealkylation sites (tertiary alicyclic amines) is 1. The molecule has 3 heterocycles. The van der Waals surface area contributed by atoms with Crippen molar-refractivity contribution in [2.75, 3.05) is 13.1 Å². The van der Waals surface area contributed by atoms with Gasteiger partial charge in [0.25, 0.3) is 5.56 Å². The van der Waals surface area contributed by atoms with E-state index in [0.29, 0.717) is 35.3 Å². The maximum absolute atomic E-state index is 12.6. The van der Waals surface area contributed by atoms with Gasteiger partial charge < -0.3 is 9.88 Å². The lowest BCUT2D eigenvalue weighted by Gasteiger charge is -2.32. The molecule has 27 heavy (non-hydrogen) atoms. The highest BCUT2D eigenvalue weighted by molar-refractivity contribution is 5.76. The first kappa shape index (κ1) is 16.9. The molecule has 8 nitrogen and oxygen atoms in total. The Bertz CT molecular complexity index is 901. The van der Waals surface area contributed by atoms with Gasteiger partial charge >= 0.3 is 0 Å². The van der Waals surface area contributed by atoms with E-state index in [0.717, 1.165) is 44.6 Å². The number of aromatic nitrogens is 5.